The van der Waals surface area contributed by atoms with Crippen LogP contribution in [0.4, 0.5) is 5.69 Å². The summed E-state index contributed by atoms with van der Waals surface area (Å²) in [7, 11) is 0. The number of carbonyl (C=O) groups excluding carboxylic acids is 2. The minimum Gasteiger partial charge on any atom is -0.437 e. The molecule has 0 saturated carbocycles. The standard InChI is InChI=1S/C21H20N4O3/c26-19(10-5-11-24-21(27)16-6-2-1-3-7-16)25-17-8-4-9-18(14-17)28-20-15-22-12-13-23-20/h1-4,6-9,12-15H,5,10-11H2,(H,24,27)(H,25,26). The molecule has 1 heterocycles. The maximum atomic E-state index is 12.1. The summed E-state index contributed by atoms with van der Waals surface area (Å²) < 4.78 is 5.60. The lowest BCUT2D eigenvalue weighted by Crippen LogP contribution is -2.25. The van der Waals surface area contributed by atoms with Gasteiger partial charge in [0.15, 0.2) is 0 Å². The molecule has 0 saturated heterocycles. The van der Waals surface area contributed by atoms with Gasteiger partial charge in [-0.25, -0.2) is 4.98 Å². The number of carbonyl (C=O) groups is 2. The van der Waals surface area contributed by atoms with Crippen LogP contribution in [-0.2, 0) is 4.79 Å². The molecule has 0 aliphatic heterocycles. The first-order chi connectivity index (χ1) is 13.7. The lowest BCUT2D eigenvalue weighted by molar-refractivity contribution is -0.116. The molecular weight excluding hydrogens is 356 g/mol. The molecule has 28 heavy (non-hydrogen) atoms. The van der Waals surface area contributed by atoms with Gasteiger partial charge in [-0.3, -0.25) is 14.6 Å². The number of rotatable bonds is 8. The molecule has 0 unspecified atom stereocenters. The topological polar surface area (TPSA) is 93.2 Å². The molecule has 2 amide bonds. The van der Waals surface area contributed by atoms with Gasteiger partial charge in [0.25, 0.3) is 5.91 Å². The number of benzene rings is 2. The van der Waals surface area contributed by atoms with E-state index in [1.807, 2.05) is 18.2 Å². The highest BCUT2D eigenvalue weighted by Gasteiger charge is 2.06. The average molecular weight is 376 g/mol. The van der Waals surface area contributed by atoms with E-state index in [1.54, 1.807) is 42.6 Å². The van der Waals surface area contributed by atoms with E-state index in [9.17, 15) is 9.59 Å². The highest BCUT2D eigenvalue weighted by atomic mass is 16.5. The van der Waals surface area contributed by atoms with E-state index in [0.717, 1.165) is 0 Å². The molecule has 2 N–H and O–H groups in total. The summed E-state index contributed by atoms with van der Waals surface area (Å²) in [6, 6.07) is 16.0. The smallest absolute Gasteiger partial charge is 0.251 e. The molecule has 0 atom stereocenters. The molecule has 0 fully saturated rings. The van der Waals surface area contributed by atoms with Crippen molar-refractivity contribution in [2.75, 3.05) is 11.9 Å². The lowest BCUT2D eigenvalue weighted by Gasteiger charge is -2.09. The highest BCUT2D eigenvalue weighted by molar-refractivity contribution is 5.94. The molecule has 0 spiro atoms. The van der Waals surface area contributed by atoms with Gasteiger partial charge in [-0.05, 0) is 30.7 Å². The summed E-state index contributed by atoms with van der Waals surface area (Å²) in [5, 5.41) is 5.62. The monoisotopic (exact) mass is 376 g/mol. The van der Waals surface area contributed by atoms with E-state index in [0.29, 0.717) is 42.3 Å². The van der Waals surface area contributed by atoms with E-state index < -0.39 is 0 Å². The van der Waals surface area contributed by atoms with Crippen molar-refractivity contribution in [2.45, 2.75) is 12.8 Å². The quantitative estimate of drug-likeness (QED) is 0.588. The third-order valence-electron chi connectivity index (χ3n) is 3.78. The summed E-state index contributed by atoms with van der Waals surface area (Å²) in [5.41, 5.74) is 1.23. The van der Waals surface area contributed by atoms with Crippen LogP contribution in [0.3, 0.4) is 0 Å². The molecule has 0 aliphatic rings. The lowest BCUT2D eigenvalue weighted by atomic mass is 10.2. The van der Waals surface area contributed by atoms with Crippen LogP contribution in [-0.4, -0.2) is 28.3 Å². The second kappa shape index (κ2) is 9.82. The van der Waals surface area contributed by atoms with E-state index >= 15 is 0 Å². The average Bonchev–Trinajstić information content (AvgIpc) is 2.73. The Hall–Kier alpha value is -3.74. The first-order valence-corrected chi connectivity index (χ1v) is 8.88. The van der Waals surface area contributed by atoms with Crippen molar-refractivity contribution in [3.05, 3.63) is 78.8 Å². The van der Waals surface area contributed by atoms with Crippen LogP contribution >= 0.6 is 0 Å². The zero-order chi connectivity index (χ0) is 19.6. The molecule has 3 aromatic rings. The first-order valence-electron chi connectivity index (χ1n) is 8.88. The third kappa shape index (κ3) is 5.91. The van der Waals surface area contributed by atoms with Crippen LogP contribution in [0, 0.1) is 0 Å². The molecule has 7 nitrogen and oxygen atoms in total. The predicted octanol–water partition coefficient (Wildman–Crippen LogP) is 3.42. The molecule has 7 heteroatoms. The molecular formula is C21H20N4O3. The van der Waals surface area contributed by atoms with E-state index in [2.05, 4.69) is 20.6 Å². The molecule has 142 valence electrons. The second-order valence-electron chi connectivity index (χ2n) is 5.95. The SMILES string of the molecule is O=C(CCCNC(=O)c1ccccc1)Nc1cccc(Oc2cnccn2)c1. The van der Waals surface area contributed by atoms with Crippen LogP contribution in [0.2, 0.25) is 0 Å². The number of nitrogens with zero attached hydrogens (tertiary/aromatic N) is 2. The fourth-order valence-electron chi connectivity index (χ4n) is 2.46. The molecule has 3 rings (SSSR count). The minimum atomic E-state index is -0.144. The Morgan fingerprint density at radius 3 is 2.64 bits per heavy atom. The largest absolute Gasteiger partial charge is 0.437 e. The van der Waals surface area contributed by atoms with Gasteiger partial charge in [-0.2, -0.15) is 0 Å². The Balaban J connectivity index is 1.42. The van der Waals surface area contributed by atoms with Crippen molar-refractivity contribution in [3.63, 3.8) is 0 Å². The van der Waals surface area contributed by atoms with Gasteiger partial charge < -0.3 is 15.4 Å². The minimum absolute atomic E-state index is 0.134. The Kier molecular flexibility index (Phi) is 6.67. The fraction of sp³-hybridized carbons (Fsp3) is 0.143. The van der Waals surface area contributed by atoms with Gasteiger partial charge in [-0.1, -0.05) is 24.3 Å². The van der Waals surface area contributed by atoms with Gasteiger partial charge >= 0.3 is 0 Å². The van der Waals surface area contributed by atoms with Gasteiger partial charge in [-0.15, -0.1) is 0 Å². The summed E-state index contributed by atoms with van der Waals surface area (Å²) >= 11 is 0. The molecule has 2 aromatic carbocycles. The van der Waals surface area contributed by atoms with Crippen molar-refractivity contribution in [3.8, 4) is 11.6 Å². The third-order valence-corrected chi connectivity index (χ3v) is 3.78. The molecule has 0 radical (unpaired) electrons. The zero-order valence-electron chi connectivity index (χ0n) is 15.2. The predicted molar refractivity (Wildman–Crippen MR) is 105 cm³/mol. The van der Waals surface area contributed by atoms with Crippen LogP contribution in [0.5, 0.6) is 11.6 Å². The van der Waals surface area contributed by atoms with Gasteiger partial charge in [0.1, 0.15) is 5.75 Å². The van der Waals surface area contributed by atoms with E-state index in [1.165, 1.54) is 12.4 Å². The van der Waals surface area contributed by atoms with Crippen molar-refractivity contribution >= 4 is 17.5 Å². The number of hydrogen-bond donors (Lipinski definition) is 2. The maximum absolute atomic E-state index is 12.1. The number of hydrogen-bond acceptors (Lipinski definition) is 5. The Labute approximate surface area is 162 Å². The van der Waals surface area contributed by atoms with Crippen molar-refractivity contribution in [2.24, 2.45) is 0 Å². The Bertz CT molecular complexity index is 917. The second-order valence-corrected chi connectivity index (χ2v) is 5.95. The fourth-order valence-corrected chi connectivity index (χ4v) is 2.46. The summed E-state index contributed by atoms with van der Waals surface area (Å²) in [5.74, 6) is 0.647. The van der Waals surface area contributed by atoms with Crippen LogP contribution in [0.1, 0.15) is 23.2 Å². The Morgan fingerprint density at radius 1 is 1.00 bits per heavy atom. The maximum Gasteiger partial charge on any atom is 0.251 e. The molecule has 0 bridgehead atoms. The zero-order valence-corrected chi connectivity index (χ0v) is 15.2. The summed E-state index contributed by atoms with van der Waals surface area (Å²) in [4.78, 5) is 32.0. The molecule has 0 aliphatic carbocycles. The van der Waals surface area contributed by atoms with Crippen LogP contribution in [0.15, 0.2) is 73.2 Å². The summed E-state index contributed by atoms with van der Waals surface area (Å²) in [6.07, 6.45) is 5.45. The van der Waals surface area contributed by atoms with E-state index in [4.69, 9.17) is 4.74 Å². The van der Waals surface area contributed by atoms with E-state index in [-0.39, 0.29) is 11.8 Å². The van der Waals surface area contributed by atoms with Crippen LogP contribution in [0.25, 0.3) is 0 Å². The summed E-state index contributed by atoms with van der Waals surface area (Å²) in [6.45, 7) is 0.428. The van der Waals surface area contributed by atoms with Gasteiger partial charge in [0.05, 0.1) is 6.20 Å². The van der Waals surface area contributed by atoms with Crippen molar-refractivity contribution in [1.29, 1.82) is 0 Å². The number of aromatic nitrogens is 2. The molecule has 1 aromatic heterocycles. The van der Waals surface area contributed by atoms with Crippen molar-refractivity contribution in [1.82, 2.24) is 15.3 Å². The van der Waals surface area contributed by atoms with Crippen molar-refractivity contribution < 1.29 is 14.3 Å². The normalized spacial score (nSPS) is 10.1. The van der Waals surface area contributed by atoms with Gasteiger partial charge in [0.2, 0.25) is 11.8 Å². The van der Waals surface area contributed by atoms with Crippen LogP contribution < -0.4 is 15.4 Å². The Morgan fingerprint density at radius 2 is 1.86 bits per heavy atom. The number of amides is 2. The number of ether oxygens (including phenoxy) is 1. The number of nitrogens with one attached hydrogen (secondary N) is 2. The van der Waals surface area contributed by atoms with Gasteiger partial charge in [0, 0.05) is 42.7 Å². The first kappa shape index (κ1) is 19.0. The number of anilines is 1. The highest BCUT2D eigenvalue weighted by Crippen LogP contribution is 2.22.